The molecule has 18 heavy (non-hydrogen) atoms. The molecule has 1 atom stereocenters. The van der Waals surface area contributed by atoms with Gasteiger partial charge in [-0.2, -0.15) is 0 Å². The van der Waals surface area contributed by atoms with Gasteiger partial charge in [-0.1, -0.05) is 6.92 Å². The molecule has 1 rings (SSSR count). The quantitative estimate of drug-likeness (QED) is 0.752. The van der Waals surface area contributed by atoms with Crippen LogP contribution in [0.3, 0.4) is 0 Å². The average molecular weight is 255 g/mol. The fraction of sp³-hybridized carbons (Fsp3) is 0.846. The molecule has 104 valence electrons. The van der Waals surface area contributed by atoms with Crippen LogP contribution in [-0.4, -0.2) is 47.9 Å². The second kappa shape index (κ2) is 6.18. The van der Waals surface area contributed by atoms with Crippen molar-refractivity contribution in [1.82, 2.24) is 15.5 Å². The van der Waals surface area contributed by atoms with Gasteiger partial charge in [0, 0.05) is 25.0 Å². The summed E-state index contributed by atoms with van der Waals surface area (Å²) in [5, 5.41) is 6.06. The Morgan fingerprint density at radius 2 is 2.11 bits per heavy atom. The fourth-order valence-electron chi connectivity index (χ4n) is 2.11. The predicted octanol–water partition coefficient (Wildman–Crippen LogP) is 0.502. The van der Waals surface area contributed by atoms with Crippen LogP contribution in [0.1, 0.15) is 40.5 Å². The van der Waals surface area contributed by atoms with Crippen molar-refractivity contribution in [3.05, 3.63) is 0 Å². The van der Waals surface area contributed by atoms with Crippen molar-refractivity contribution in [2.45, 2.75) is 52.1 Å². The molecule has 1 saturated heterocycles. The van der Waals surface area contributed by atoms with Gasteiger partial charge in [-0.3, -0.25) is 9.59 Å². The molecule has 0 aromatic rings. The van der Waals surface area contributed by atoms with Crippen LogP contribution >= 0.6 is 0 Å². The predicted molar refractivity (Wildman–Crippen MR) is 71.2 cm³/mol. The van der Waals surface area contributed by atoms with Crippen LogP contribution in [0.25, 0.3) is 0 Å². The fourth-order valence-corrected chi connectivity index (χ4v) is 2.11. The number of hydrogen-bond acceptors (Lipinski definition) is 3. The van der Waals surface area contributed by atoms with Crippen molar-refractivity contribution in [3.8, 4) is 0 Å². The number of rotatable bonds is 5. The summed E-state index contributed by atoms with van der Waals surface area (Å²) in [5.74, 6) is 0.127. The number of likely N-dealkylation sites (N-methyl/N-ethyl adjacent to an activating group) is 1. The van der Waals surface area contributed by atoms with E-state index in [2.05, 4.69) is 10.6 Å². The van der Waals surface area contributed by atoms with Crippen molar-refractivity contribution in [2.24, 2.45) is 0 Å². The summed E-state index contributed by atoms with van der Waals surface area (Å²) in [6, 6.07) is -0.0549. The van der Waals surface area contributed by atoms with E-state index in [4.69, 9.17) is 0 Å². The molecule has 0 aromatic carbocycles. The van der Waals surface area contributed by atoms with Crippen molar-refractivity contribution < 1.29 is 9.59 Å². The summed E-state index contributed by atoms with van der Waals surface area (Å²) in [7, 11) is 0. The Morgan fingerprint density at radius 3 is 2.67 bits per heavy atom. The SMILES string of the molecule is CCNC1CCN(CCC(=O)NC(C)(C)C)C1=O. The first-order valence-electron chi connectivity index (χ1n) is 6.66. The van der Waals surface area contributed by atoms with Crippen LogP contribution in [0.15, 0.2) is 0 Å². The van der Waals surface area contributed by atoms with Gasteiger partial charge in [0.15, 0.2) is 0 Å². The van der Waals surface area contributed by atoms with Crippen LogP contribution in [-0.2, 0) is 9.59 Å². The monoisotopic (exact) mass is 255 g/mol. The Labute approximate surface area is 109 Å². The van der Waals surface area contributed by atoms with E-state index in [-0.39, 0.29) is 23.4 Å². The highest BCUT2D eigenvalue weighted by Crippen LogP contribution is 2.11. The van der Waals surface area contributed by atoms with E-state index in [1.54, 1.807) is 4.90 Å². The van der Waals surface area contributed by atoms with Crippen molar-refractivity contribution in [1.29, 1.82) is 0 Å². The third-order valence-corrected chi connectivity index (χ3v) is 2.87. The van der Waals surface area contributed by atoms with Gasteiger partial charge in [0.25, 0.3) is 0 Å². The van der Waals surface area contributed by atoms with Gasteiger partial charge in [0.1, 0.15) is 0 Å². The molecule has 0 radical (unpaired) electrons. The molecule has 5 heteroatoms. The van der Waals surface area contributed by atoms with Crippen LogP contribution in [0.2, 0.25) is 0 Å². The number of amides is 2. The molecule has 1 aliphatic rings. The third kappa shape index (κ3) is 4.64. The standard InChI is InChI=1S/C13H25N3O2/c1-5-14-10-6-8-16(12(10)18)9-7-11(17)15-13(2,3)4/h10,14H,5-9H2,1-4H3,(H,15,17). The van der Waals surface area contributed by atoms with E-state index in [0.717, 1.165) is 19.5 Å². The van der Waals surface area contributed by atoms with E-state index in [1.165, 1.54) is 0 Å². The van der Waals surface area contributed by atoms with Crippen molar-refractivity contribution in [2.75, 3.05) is 19.6 Å². The third-order valence-electron chi connectivity index (χ3n) is 2.87. The minimum absolute atomic E-state index is 0.00204. The largest absolute Gasteiger partial charge is 0.351 e. The Balaban J connectivity index is 2.32. The van der Waals surface area contributed by atoms with Crippen molar-refractivity contribution in [3.63, 3.8) is 0 Å². The zero-order valence-corrected chi connectivity index (χ0v) is 11.9. The first-order valence-corrected chi connectivity index (χ1v) is 6.66. The average Bonchev–Trinajstić information content (AvgIpc) is 2.56. The lowest BCUT2D eigenvalue weighted by atomic mass is 10.1. The Kier molecular flexibility index (Phi) is 5.14. The zero-order chi connectivity index (χ0) is 13.8. The van der Waals surface area contributed by atoms with Gasteiger partial charge in [0.2, 0.25) is 11.8 Å². The molecule has 2 N–H and O–H groups in total. The molecule has 5 nitrogen and oxygen atoms in total. The molecule has 0 bridgehead atoms. The van der Waals surface area contributed by atoms with Crippen LogP contribution in [0.4, 0.5) is 0 Å². The molecule has 0 aromatic heterocycles. The van der Waals surface area contributed by atoms with Gasteiger partial charge in [-0.15, -0.1) is 0 Å². The van der Waals surface area contributed by atoms with E-state index in [9.17, 15) is 9.59 Å². The molecule has 1 unspecified atom stereocenters. The summed E-state index contributed by atoms with van der Waals surface area (Å²) in [5.41, 5.74) is -0.210. The summed E-state index contributed by atoms with van der Waals surface area (Å²) >= 11 is 0. The van der Waals surface area contributed by atoms with Gasteiger partial charge in [-0.05, 0) is 33.7 Å². The first-order chi connectivity index (χ1) is 8.33. The maximum absolute atomic E-state index is 11.9. The highest BCUT2D eigenvalue weighted by atomic mass is 16.2. The van der Waals surface area contributed by atoms with Gasteiger partial charge in [0.05, 0.1) is 6.04 Å². The minimum atomic E-state index is -0.210. The molecule has 1 heterocycles. The number of carbonyl (C=O) groups is 2. The Bertz CT molecular complexity index is 310. The lowest BCUT2D eigenvalue weighted by Crippen LogP contribution is -2.43. The minimum Gasteiger partial charge on any atom is -0.351 e. The maximum Gasteiger partial charge on any atom is 0.239 e. The Hall–Kier alpha value is -1.10. The van der Waals surface area contributed by atoms with E-state index in [0.29, 0.717) is 13.0 Å². The van der Waals surface area contributed by atoms with Crippen molar-refractivity contribution >= 4 is 11.8 Å². The number of nitrogens with one attached hydrogen (secondary N) is 2. The molecule has 0 spiro atoms. The smallest absolute Gasteiger partial charge is 0.239 e. The molecule has 2 amide bonds. The normalized spacial score (nSPS) is 20.3. The van der Waals surface area contributed by atoms with Gasteiger partial charge in [-0.25, -0.2) is 0 Å². The summed E-state index contributed by atoms with van der Waals surface area (Å²) in [6.45, 7) is 9.91. The highest BCUT2D eigenvalue weighted by Gasteiger charge is 2.30. The number of carbonyl (C=O) groups excluding carboxylic acids is 2. The number of nitrogens with zero attached hydrogens (tertiary/aromatic N) is 1. The summed E-state index contributed by atoms with van der Waals surface area (Å²) in [4.78, 5) is 25.4. The van der Waals surface area contributed by atoms with Gasteiger partial charge < -0.3 is 15.5 Å². The second-order valence-corrected chi connectivity index (χ2v) is 5.77. The van der Waals surface area contributed by atoms with Crippen LogP contribution < -0.4 is 10.6 Å². The van der Waals surface area contributed by atoms with Crippen LogP contribution in [0.5, 0.6) is 0 Å². The second-order valence-electron chi connectivity index (χ2n) is 5.77. The van der Waals surface area contributed by atoms with E-state index >= 15 is 0 Å². The number of likely N-dealkylation sites (tertiary alicyclic amines) is 1. The molecule has 1 fully saturated rings. The highest BCUT2D eigenvalue weighted by molar-refractivity contribution is 5.84. The lowest BCUT2D eigenvalue weighted by molar-refractivity contribution is -0.130. The van der Waals surface area contributed by atoms with Gasteiger partial charge >= 0.3 is 0 Å². The molecule has 1 aliphatic heterocycles. The topological polar surface area (TPSA) is 61.4 Å². The zero-order valence-electron chi connectivity index (χ0n) is 11.9. The molecule has 0 saturated carbocycles. The summed E-state index contributed by atoms with van der Waals surface area (Å²) in [6.07, 6.45) is 1.22. The van der Waals surface area contributed by atoms with E-state index in [1.807, 2.05) is 27.7 Å². The van der Waals surface area contributed by atoms with Crippen LogP contribution in [0, 0.1) is 0 Å². The molecular formula is C13H25N3O2. The van der Waals surface area contributed by atoms with E-state index < -0.39 is 0 Å². The maximum atomic E-state index is 11.9. The summed E-state index contributed by atoms with van der Waals surface area (Å²) < 4.78 is 0. The molecular weight excluding hydrogens is 230 g/mol. The lowest BCUT2D eigenvalue weighted by Gasteiger charge is -2.22. The Morgan fingerprint density at radius 1 is 1.44 bits per heavy atom. The first kappa shape index (κ1) is 15.0. The number of hydrogen-bond donors (Lipinski definition) is 2. The molecule has 0 aliphatic carbocycles.